The predicted molar refractivity (Wildman–Crippen MR) is 63.1 cm³/mol. The van der Waals surface area contributed by atoms with Crippen molar-refractivity contribution >= 4 is 10.0 Å². The first-order chi connectivity index (χ1) is 7.34. The molecule has 0 radical (unpaired) electrons. The van der Waals surface area contributed by atoms with Gasteiger partial charge in [0.1, 0.15) is 5.75 Å². The van der Waals surface area contributed by atoms with Crippen molar-refractivity contribution in [1.29, 1.82) is 0 Å². The Morgan fingerprint density at radius 3 is 2.38 bits per heavy atom. The van der Waals surface area contributed by atoms with E-state index in [4.69, 9.17) is 4.74 Å². The minimum absolute atomic E-state index is 0.0253. The quantitative estimate of drug-likeness (QED) is 0.809. The standard InChI is InChI=1S/C11H17NO3S/c1-9(2)15-10-6-5-7-11(8-10)16(13,14)12(3)4/h5-9H,1-4H3. The van der Waals surface area contributed by atoms with Gasteiger partial charge in [0.2, 0.25) is 10.0 Å². The van der Waals surface area contributed by atoms with Crippen molar-refractivity contribution < 1.29 is 13.2 Å². The monoisotopic (exact) mass is 243 g/mol. The number of hydrogen-bond donors (Lipinski definition) is 0. The second-order valence-corrected chi connectivity index (χ2v) is 6.08. The van der Waals surface area contributed by atoms with Gasteiger partial charge in [-0.3, -0.25) is 0 Å². The van der Waals surface area contributed by atoms with Crippen LogP contribution in [-0.4, -0.2) is 32.9 Å². The zero-order valence-corrected chi connectivity index (χ0v) is 10.8. The lowest BCUT2D eigenvalue weighted by Gasteiger charge is -2.14. The van der Waals surface area contributed by atoms with Crippen LogP contribution in [0.2, 0.25) is 0 Å². The molecule has 0 spiro atoms. The van der Waals surface area contributed by atoms with Crippen LogP contribution < -0.4 is 4.74 Å². The molecule has 0 fully saturated rings. The molecule has 0 unspecified atom stereocenters. The lowest BCUT2D eigenvalue weighted by molar-refractivity contribution is 0.242. The minimum Gasteiger partial charge on any atom is -0.491 e. The van der Waals surface area contributed by atoms with Crippen LogP contribution >= 0.6 is 0 Å². The average molecular weight is 243 g/mol. The first-order valence-electron chi connectivity index (χ1n) is 5.03. The zero-order chi connectivity index (χ0) is 12.3. The highest BCUT2D eigenvalue weighted by molar-refractivity contribution is 7.89. The fraction of sp³-hybridized carbons (Fsp3) is 0.455. The molecule has 4 nitrogen and oxygen atoms in total. The third-order valence-electron chi connectivity index (χ3n) is 1.96. The van der Waals surface area contributed by atoms with E-state index in [1.54, 1.807) is 18.2 Å². The molecule has 0 saturated heterocycles. The van der Waals surface area contributed by atoms with Gasteiger partial charge in [-0.25, -0.2) is 12.7 Å². The summed E-state index contributed by atoms with van der Waals surface area (Å²) in [5.74, 6) is 0.568. The topological polar surface area (TPSA) is 46.6 Å². The van der Waals surface area contributed by atoms with E-state index in [1.807, 2.05) is 13.8 Å². The van der Waals surface area contributed by atoms with Crippen molar-refractivity contribution in [3.8, 4) is 5.75 Å². The van der Waals surface area contributed by atoms with Gasteiger partial charge in [0.15, 0.2) is 0 Å². The van der Waals surface area contributed by atoms with E-state index in [9.17, 15) is 8.42 Å². The molecule has 1 rings (SSSR count). The van der Waals surface area contributed by atoms with Crippen LogP contribution in [0.15, 0.2) is 29.2 Å². The average Bonchev–Trinajstić information content (AvgIpc) is 2.16. The second-order valence-electron chi connectivity index (χ2n) is 3.93. The van der Waals surface area contributed by atoms with Crippen molar-refractivity contribution in [3.05, 3.63) is 24.3 Å². The summed E-state index contributed by atoms with van der Waals surface area (Å²) in [6.45, 7) is 3.79. The van der Waals surface area contributed by atoms with Crippen LogP contribution in [0.4, 0.5) is 0 Å². The Kier molecular flexibility index (Phi) is 3.93. The van der Waals surface area contributed by atoms with Crippen LogP contribution in [0.25, 0.3) is 0 Å². The number of rotatable bonds is 4. The molecule has 0 N–H and O–H groups in total. The van der Waals surface area contributed by atoms with Gasteiger partial charge in [0.25, 0.3) is 0 Å². The molecule has 0 amide bonds. The Morgan fingerprint density at radius 2 is 1.88 bits per heavy atom. The van der Waals surface area contributed by atoms with Gasteiger partial charge < -0.3 is 4.74 Å². The van der Waals surface area contributed by atoms with E-state index < -0.39 is 10.0 Å². The van der Waals surface area contributed by atoms with E-state index in [2.05, 4.69) is 0 Å². The molecule has 16 heavy (non-hydrogen) atoms. The molecule has 5 heteroatoms. The third-order valence-corrected chi connectivity index (χ3v) is 3.77. The Hall–Kier alpha value is -1.07. The Morgan fingerprint density at radius 1 is 1.25 bits per heavy atom. The van der Waals surface area contributed by atoms with Crippen molar-refractivity contribution in [1.82, 2.24) is 4.31 Å². The maximum atomic E-state index is 11.8. The van der Waals surface area contributed by atoms with Crippen molar-refractivity contribution in [2.24, 2.45) is 0 Å². The van der Waals surface area contributed by atoms with E-state index in [1.165, 1.54) is 24.5 Å². The molecule has 0 aliphatic carbocycles. The SMILES string of the molecule is CC(C)Oc1cccc(S(=O)(=O)N(C)C)c1. The van der Waals surface area contributed by atoms with Crippen LogP contribution in [0.1, 0.15) is 13.8 Å². The van der Waals surface area contributed by atoms with Gasteiger partial charge in [-0.15, -0.1) is 0 Å². The molecule has 1 aromatic carbocycles. The Bertz CT molecular complexity index is 452. The van der Waals surface area contributed by atoms with Gasteiger partial charge in [-0.2, -0.15) is 0 Å². The number of benzene rings is 1. The van der Waals surface area contributed by atoms with Crippen molar-refractivity contribution in [3.63, 3.8) is 0 Å². The molecule has 0 saturated carbocycles. The summed E-state index contributed by atoms with van der Waals surface area (Å²) in [4.78, 5) is 0.246. The number of ether oxygens (including phenoxy) is 1. The first kappa shape index (κ1) is 13.0. The molecule has 0 heterocycles. The van der Waals surface area contributed by atoms with Crippen molar-refractivity contribution in [2.75, 3.05) is 14.1 Å². The minimum atomic E-state index is -3.38. The summed E-state index contributed by atoms with van der Waals surface area (Å²) >= 11 is 0. The van der Waals surface area contributed by atoms with Crippen LogP contribution in [0.3, 0.4) is 0 Å². The smallest absolute Gasteiger partial charge is 0.242 e. The van der Waals surface area contributed by atoms with Gasteiger partial charge in [-0.1, -0.05) is 6.07 Å². The number of nitrogens with zero attached hydrogens (tertiary/aromatic N) is 1. The fourth-order valence-electron chi connectivity index (χ4n) is 1.19. The van der Waals surface area contributed by atoms with Gasteiger partial charge in [0.05, 0.1) is 11.0 Å². The summed E-state index contributed by atoms with van der Waals surface area (Å²) in [6, 6.07) is 6.51. The maximum absolute atomic E-state index is 11.8. The predicted octanol–water partition coefficient (Wildman–Crippen LogP) is 1.72. The van der Waals surface area contributed by atoms with E-state index in [-0.39, 0.29) is 11.0 Å². The van der Waals surface area contributed by atoms with Gasteiger partial charge in [-0.05, 0) is 26.0 Å². The van der Waals surface area contributed by atoms with Gasteiger partial charge in [0, 0.05) is 20.2 Å². The summed E-state index contributed by atoms with van der Waals surface area (Å²) in [7, 11) is -0.371. The molecular weight excluding hydrogens is 226 g/mol. The summed E-state index contributed by atoms with van der Waals surface area (Å²) in [5.41, 5.74) is 0. The first-order valence-corrected chi connectivity index (χ1v) is 6.47. The lowest BCUT2D eigenvalue weighted by Crippen LogP contribution is -2.22. The molecule has 0 atom stereocenters. The zero-order valence-electron chi connectivity index (χ0n) is 9.97. The Labute approximate surface area is 96.9 Å². The normalized spacial score (nSPS) is 12.1. The number of hydrogen-bond acceptors (Lipinski definition) is 3. The molecule has 0 aliphatic rings. The highest BCUT2D eigenvalue weighted by Gasteiger charge is 2.17. The number of sulfonamides is 1. The van der Waals surface area contributed by atoms with Crippen molar-refractivity contribution in [2.45, 2.75) is 24.8 Å². The highest BCUT2D eigenvalue weighted by Crippen LogP contribution is 2.20. The molecule has 0 bridgehead atoms. The van der Waals surface area contributed by atoms with Gasteiger partial charge >= 0.3 is 0 Å². The molecule has 1 aromatic rings. The van der Waals surface area contributed by atoms with E-state index in [0.29, 0.717) is 5.75 Å². The largest absolute Gasteiger partial charge is 0.491 e. The summed E-state index contributed by atoms with van der Waals surface area (Å²) < 4.78 is 30.3. The highest BCUT2D eigenvalue weighted by atomic mass is 32.2. The van der Waals surface area contributed by atoms with E-state index in [0.717, 1.165) is 0 Å². The third kappa shape index (κ3) is 2.96. The van der Waals surface area contributed by atoms with Crippen LogP contribution in [0, 0.1) is 0 Å². The molecule has 90 valence electrons. The fourth-order valence-corrected chi connectivity index (χ4v) is 2.13. The second kappa shape index (κ2) is 4.84. The Balaban J connectivity index is 3.08. The summed E-state index contributed by atoms with van der Waals surface area (Å²) in [5, 5.41) is 0. The van der Waals surface area contributed by atoms with Crippen LogP contribution in [-0.2, 0) is 10.0 Å². The molecule has 0 aromatic heterocycles. The van der Waals surface area contributed by atoms with Crippen LogP contribution in [0.5, 0.6) is 5.75 Å². The molecular formula is C11H17NO3S. The van der Waals surface area contributed by atoms with E-state index >= 15 is 0 Å². The maximum Gasteiger partial charge on any atom is 0.242 e. The molecule has 0 aliphatic heterocycles. The lowest BCUT2D eigenvalue weighted by atomic mass is 10.3. The summed E-state index contributed by atoms with van der Waals surface area (Å²) in [6.07, 6.45) is 0.0253.